The molecule has 0 radical (unpaired) electrons. The molecular weight excluding hydrogens is 368 g/mol. The normalized spacial score (nSPS) is 9.93. The summed E-state index contributed by atoms with van der Waals surface area (Å²) < 4.78 is 19.3. The first-order valence-corrected chi connectivity index (χ1v) is 8.13. The first kappa shape index (κ1) is 20.6. The van der Waals surface area contributed by atoms with Gasteiger partial charge in [0.2, 0.25) is 11.6 Å². The van der Waals surface area contributed by atoms with Crippen LogP contribution in [0, 0.1) is 0 Å². The Balaban J connectivity index is 1.98. The van der Waals surface area contributed by atoms with E-state index in [1.54, 1.807) is 0 Å². The van der Waals surface area contributed by atoms with Crippen LogP contribution in [-0.4, -0.2) is 50.9 Å². The second kappa shape index (κ2) is 9.86. The summed E-state index contributed by atoms with van der Waals surface area (Å²) in [4.78, 5) is 46.8. The van der Waals surface area contributed by atoms with Crippen molar-refractivity contribution in [1.82, 2.24) is 0 Å². The average molecular weight is 386 g/mol. The van der Waals surface area contributed by atoms with Crippen LogP contribution in [0.25, 0.3) is 0 Å². The van der Waals surface area contributed by atoms with Gasteiger partial charge in [-0.25, -0.2) is 9.59 Å². The van der Waals surface area contributed by atoms with E-state index in [1.807, 2.05) is 0 Å². The highest BCUT2D eigenvalue weighted by molar-refractivity contribution is 6.49. The number of Topliss-reactive ketones (excluding diaryl/α,β-unsaturated/α-hetero) is 2. The van der Waals surface area contributed by atoms with Crippen molar-refractivity contribution in [3.05, 3.63) is 59.7 Å². The smallest absolute Gasteiger partial charge is 0.343 e. The van der Waals surface area contributed by atoms with Gasteiger partial charge in [-0.15, -0.1) is 0 Å². The molecule has 0 atom stereocenters. The zero-order chi connectivity index (χ0) is 20.5. The highest BCUT2D eigenvalue weighted by Crippen LogP contribution is 2.17. The van der Waals surface area contributed by atoms with E-state index in [9.17, 15) is 19.2 Å². The molecule has 0 aliphatic carbocycles. The van der Waals surface area contributed by atoms with Crippen LogP contribution < -0.4 is 9.47 Å². The maximum Gasteiger partial charge on any atom is 0.343 e. The Bertz CT molecular complexity index is 779. The molecule has 0 fully saturated rings. The molecule has 0 unspecified atom stereocenters. The van der Waals surface area contributed by atoms with Crippen molar-refractivity contribution >= 4 is 23.5 Å². The third-order valence-electron chi connectivity index (χ3n) is 3.61. The highest BCUT2D eigenvalue weighted by Gasteiger charge is 2.18. The van der Waals surface area contributed by atoms with Crippen LogP contribution in [0.5, 0.6) is 11.5 Å². The summed E-state index contributed by atoms with van der Waals surface area (Å²) in [6, 6.07) is 11.6. The fourth-order valence-electron chi connectivity index (χ4n) is 2.07. The van der Waals surface area contributed by atoms with Crippen molar-refractivity contribution in [2.45, 2.75) is 0 Å². The number of ketones is 2. The molecule has 0 heterocycles. The lowest BCUT2D eigenvalue weighted by molar-refractivity contribution is -0.143. The standard InChI is InChI=1S/C20H18O8/c1-25-17(21)11-27-15-7-3-13(4-8-15)19(23)20(24)14-5-9-16(10-6-14)28-12-18(22)26-2/h3-10H,11-12H2,1-2H3. The van der Waals surface area contributed by atoms with Gasteiger partial charge >= 0.3 is 11.9 Å². The lowest BCUT2D eigenvalue weighted by atomic mass is 10.0. The van der Waals surface area contributed by atoms with Gasteiger partial charge in [0, 0.05) is 11.1 Å². The molecule has 0 spiro atoms. The van der Waals surface area contributed by atoms with E-state index in [4.69, 9.17) is 9.47 Å². The predicted octanol–water partition coefficient (Wildman–Crippen LogP) is 1.86. The second-order valence-electron chi connectivity index (χ2n) is 5.44. The van der Waals surface area contributed by atoms with Crippen molar-refractivity contribution in [2.75, 3.05) is 27.4 Å². The number of carbonyl (C=O) groups excluding carboxylic acids is 4. The molecule has 0 aromatic heterocycles. The van der Waals surface area contributed by atoms with Crippen molar-refractivity contribution in [3.63, 3.8) is 0 Å². The van der Waals surface area contributed by atoms with Crippen molar-refractivity contribution in [1.29, 1.82) is 0 Å². The number of rotatable bonds is 9. The van der Waals surface area contributed by atoms with Crippen LogP contribution in [0.2, 0.25) is 0 Å². The summed E-state index contributed by atoms with van der Waals surface area (Å²) in [6.45, 7) is -0.514. The Labute approximate surface area is 161 Å². The Hall–Kier alpha value is -3.68. The number of ether oxygens (including phenoxy) is 4. The number of benzene rings is 2. The fourth-order valence-corrected chi connectivity index (χ4v) is 2.07. The summed E-state index contributed by atoms with van der Waals surface area (Å²) >= 11 is 0. The maximum absolute atomic E-state index is 12.4. The van der Waals surface area contributed by atoms with Crippen molar-refractivity contribution in [2.24, 2.45) is 0 Å². The zero-order valence-electron chi connectivity index (χ0n) is 15.3. The fraction of sp³-hybridized carbons (Fsp3) is 0.200. The minimum atomic E-state index is -0.692. The number of hydrogen-bond donors (Lipinski definition) is 0. The molecule has 0 aliphatic heterocycles. The summed E-state index contributed by atoms with van der Waals surface area (Å²) in [5.74, 6) is -1.72. The third kappa shape index (κ3) is 5.66. The zero-order valence-corrected chi connectivity index (χ0v) is 15.3. The van der Waals surface area contributed by atoms with E-state index in [2.05, 4.69) is 9.47 Å². The molecule has 2 aromatic carbocycles. The molecule has 2 aromatic rings. The van der Waals surface area contributed by atoms with Crippen LogP contribution in [0.1, 0.15) is 20.7 Å². The van der Waals surface area contributed by atoms with Gasteiger partial charge in [-0.05, 0) is 48.5 Å². The van der Waals surface area contributed by atoms with E-state index in [0.29, 0.717) is 11.5 Å². The maximum atomic E-state index is 12.4. The lowest BCUT2D eigenvalue weighted by Crippen LogP contribution is -2.15. The molecule has 0 aliphatic rings. The molecule has 28 heavy (non-hydrogen) atoms. The molecule has 0 amide bonds. The van der Waals surface area contributed by atoms with E-state index in [1.165, 1.54) is 62.8 Å². The predicted molar refractivity (Wildman–Crippen MR) is 96.6 cm³/mol. The van der Waals surface area contributed by atoms with Gasteiger partial charge in [-0.1, -0.05) is 0 Å². The number of carbonyl (C=O) groups is 4. The van der Waals surface area contributed by atoms with Gasteiger partial charge in [0.25, 0.3) is 0 Å². The van der Waals surface area contributed by atoms with E-state index in [0.717, 1.165) is 0 Å². The summed E-state index contributed by atoms with van der Waals surface area (Å²) in [7, 11) is 2.49. The molecular formula is C20H18O8. The molecule has 146 valence electrons. The van der Waals surface area contributed by atoms with Gasteiger partial charge in [-0.2, -0.15) is 0 Å². The van der Waals surface area contributed by atoms with Crippen molar-refractivity contribution in [3.8, 4) is 11.5 Å². The summed E-state index contributed by atoms with van der Waals surface area (Å²) in [5.41, 5.74) is 0.364. The molecule has 8 heteroatoms. The van der Waals surface area contributed by atoms with E-state index >= 15 is 0 Å². The number of esters is 2. The van der Waals surface area contributed by atoms with E-state index in [-0.39, 0.29) is 24.3 Å². The Morgan fingerprint density at radius 1 is 0.607 bits per heavy atom. The third-order valence-corrected chi connectivity index (χ3v) is 3.61. The molecule has 0 saturated carbocycles. The van der Waals surface area contributed by atoms with Crippen LogP contribution in [-0.2, 0) is 19.1 Å². The first-order valence-electron chi connectivity index (χ1n) is 8.13. The Kier molecular flexibility index (Phi) is 7.27. The Morgan fingerprint density at radius 2 is 0.929 bits per heavy atom. The quantitative estimate of drug-likeness (QED) is 0.365. The molecule has 0 bridgehead atoms. The molecule has 2 rings (SSSR count). The molecule has 0 N–H and O–H groups in total. The van der Waals surface area contributed by atoms with Gasteiger partial charge in [-0.3, -0.25) is 9.59 Å². The second-order valence-corrected chi connectivity index (χ2v) is 5.44. The van der Waals surface area contributed by atoms with Crippen LogP contribution in [0.15, 0.2) is 48.5 Å². The van der Waals surface area contributed by atoms with Crippen molar-refractivity contribution < 1.29 is 38.1 Å². The van der Waals surface area contributed by atoms with Gasteiger partial charge in [0.1, 0.15) is 11.5 Å². The van der Waals surface area contributed by atoms with Gasteiger partial charge < -0.3 is 18.9 Å². The lowest BCUT2D eigenvalue weighted by Gasteiger charge is -2.07. The highest BCUT2D eigenvalue weighted by atomic mass is 16.6. The van der Waals surface area contributed by atoms with Crippen LogP contribution in [0.3, 0.4) is 0 Å². The van der Waals surface area contributed by atoms with Crippen LogP contribution >= 0.6 is 0 Å². The minimum Gasteiger partial charge on any atom is -0.482 e. The SMILES string of the molecule is COC(=O)COc1ccc(C(=O)C(=O)c2ccc(OCC(=O)OC)cc2)cc1. The summed E-state index contributed by atoms with van der Waals surface area (Å²) in [5, 5.41) is 0. The monoisotopic (exact) mass is 386 g/mol. The van der Waals surface area contributed by atoms with E-state index < -0.39 is 23.5 Å². The number of hydrogen-bond acceptors (Lipinski definition) is 8. The molecule has 8 nitrogen and oxygen atoms in total. The number of methoxy groups -OCH3 is 2. The topological polar surface area (TPSA) is 105 Å². The van der Waals surface area contributed by atoms with Gasteiger partial charge in [0.15, 0.2) is 13.2 Å². The first-order chi connectivity index (χ1) is 13.4. The summed E-state index contributed by atoms with van der Waals surface area (Å²) in [6.07, 6.45) is 0. The average Bonchev–Trinajstić information content (AvgIpc) is 2.75. The van der Waals surface area contributed by atoms with Gasteiger partial charge in [0.05, 0.1) is 14.2 Å². The largest absolute Gasteiger partial charge is 0.482 e. The Morgan fingerprint density at radius 3 is 1.21 bits per heavy atom. The molecule has 0 saturated heterocycles. The minimum absolute atomic E-state index is 0.182. The van der Waals surface area contributed by atoms with Crippen LogP contribution in [0.4, 0.5) is 0 Å².